The summed E-state index contributed by atoms with van der Waals surface area (Å²) in [7, 11) is 0. The fourth-order valence-corrected chi connectivity index (χ4v) is 3.05. The Morgan fingerprint density at radius 2 is 1.88 bits per heavy atom. The Bertz CT molecular complexity index is 780. The standard InChI is InChI=1S/C21H26N4/c1-18-7-3-4-9-20(18)15-25(13-6-12-24-14-11-22-17-24)16-21-10-5-8-19(2)23-21/h3-5,7-11,14,17H,6,12-13,15-16H2,1-2H3. The molecule has 130 valence electrons. The molecule has 3 aromatic rings. The Morgan fingerprint density at radius 1 is 1.00 bits per heavy atom. The van der Waals surface area contributed by atoms with E-state index in [0.29, 0.717) is 0 Å². The number of hydrogen-bond donors (Lipinski definition) is 0. The molecule has 25 heavy (non-hydrogen) atoms. The third kappa shape index (κ3) is 5.26. The van der Waals surface area contributed by atoms with Crippen LogP contribution in [0.5, 0.6) is 0 Å². The summed E-state index contributed by atoms with van der Waals surface area (Å²) in [5.74, 6) is 0. The molecule has 0 fully saturated rings. The van der Waals surface area contributed by atoms with Crippen molar-refractivity contribution in [3.8, 4) is 0 Å². The summed E-state index contributed by atoms with van der Waals surface area (Å²) in [6.45, 7) is 8.08. The van der Waals surface area contributed by atoms with Crippen molar-refractivity contribution in [2.45, 2.75) is 39.9 Å². The lowest BCUT2D eigenvalue weighted by molar-refractivity contribution is 0.245. The van der Waals surface area contributed by atoms with Crippen LogP contribution in [0.2, 0.25) is 0 Å². The van der Waals surface area contributed by atoms with E-state index < -0.39 is 0 Å². The van der Waals surface area contributed by atoms with E-state index in [2.05, 4.69) is 62.8 Å². The molecule has 2 aromatic heterocycles. The highest BCUT2D eigenvalue weighted by Gasteiger charge is 2.10. The van der Waals surface area contributed by atoms with Gasteiger partial charge in [0.15, 0.2) is 0 Å². The second-order valence-electron chi connectivity index (χ2n) is 6.56. The zero-order valence-electron chi connectivity index (χ0n) is 15.1. The molecule has 0 saturated carbocycles. The Hall–Kier alpha value is -2.46. The predicted molar refractivity (Wildman–Crippen MR) is 101 cm³/mol. The summed E-state index contributed by atoms with van der Waals surface area (Å²) in [4.78, 5) is 11.3. The van der Waals surface area contributed by atoms with Crippen molar-refractivity contribution in [1.82, 2.24) is 19.4 Å². The molecule has 0 aliphatic heterocycles. The van der Waals surface area contributed by atoms with Gasteiger partial charge in [0, 0.05) is 44.3 Å². The van der Waals surface area contributed by atoms with Crippen LogP contribution in [0.3, 0.4) is 0 Å². The minimum atomic E-state index is 0.875. The first-order valence-corrected chi connectivity index (χ1v) is 8.86. The number of nitrogens with zero attached hydrogens (tertiary/aromatic N) is 4. The van der Waals surface area contributed by atoms with Gasteiger partial charge in [-0.1, -0.05) is 30.3 Å². The van der Waals surface area contributed by atoms with E-state index in [0.717, 1.165) is 44.0 Å². The maximum Gasteiger partial charge on any atom is 0.0945 e. The van der Waals surface area contributed by atoms with Crippen LogP contribution in [0, 0.1) is 13.8 Å². The summed E-state index contributed by atoms with van der Waals surface area (Å²) < 4.78 is 2.14. The number of aromatic nitrogens is 3. The lowest BCUT2D eigenvalue weighted by Crippen LogP contribution is -2.25. The number of pyridine rings is 1. The van der Waals surface area contributed by atoms with E-state index in [-0.39, 0.29) is 0 Å². The number of aryl methyl sites for hydroxylation is 3. The second-order valence-corrected chi connectivity index (χ2v) is 6.56. The van der Waals surface area contributed by atoms with E-state index >= 15 is 0 Å². The smallest absolute Gasteiger partial charge is 0.0945 e. The molecule has 0 amide bonds. The molecule has 0 radical (unpaired) electrons. The first kappa shape index (κ1) is 17.4. The Labute approximate surface area is 150 Å². The van der Waals surface area contributed by atoms with Crippen molar-refractivity contribution in [3.05, 3.63) is 83.7 Å². The average molecular weight is 334 g/mol. The molecule has 0 N–H and O–H groups in total. The van der Waals surface area contributed by atoms with E-state index in [1.165, 1.54) is 11.1 Å². The van der Waals surface area contributed by atoms with Crippen LogP contribution in [0.4, 0.5) is 0 Å². The van der Waals surface area contributed by atoms with Gasteiger partial charge in [-0.3, -0.25) is 9.88 Å². The van der Waals surface area contributed by atoms with Crippen molar-refractivity contribution in [3.63, 3.8) is 0 Å². The second kappa shape index (κ2) is 8.58. The van der Waals surface area contributed by atoms with Crippen molar-refractivity contribution in [1.29, 1.82) is 0 Å². The fraction of sp³-hybridized carbons (Fsp3) is 0.333. The maximum atomic E-state index is 4.68. The Morgan fingerprint density at radius 3 is 2.64 bits per heavy atom. The van der Waals surface area contributed by atoms with Crippen LogP contribution < -0.4 is 0 Å². The molecule has 0 spiro atoms. The minimum absolute atomic E-state index is 0.875. The van der Waals surface area contributed by atoms with Gasteiger partial charge >= 0.3 is 0 Å². The SMILES string of the molecule is Cc1cccc(CN(CCCn2ccnc2)Cc2ccccc2C)n1. The zero-order valence-corrected chi connectivity index (χ0v) is 15.1. The monoisotopic (exact) mass is 334 g/mol. The quantitative estimate of drug-likeness (QED) is 0.625. The van der Waals surface area contributed by atoms with Gasteiger partial charge in [0.05, 0.1) is 12.0 Å². The van der Waals surface area contributed by atoms with Crippen LogP contribution in [0.25, 0.3) is 0 Å². The Kier molecular flexibility index (Phi) is 5.96. The lowest BCUT2D eigenvalue weighted by atomic mass is 10.1. The van der Waals surface area contributed by atoms with E-state index in [1.807, 2.05) is 31.7 Å². The largest absolute Gasteiger partial charge is 0.337 e. The molecule has 3 rings (SSSR count). The lowest BCUT2D eigenvalue weighted by Gasteiger charge is -2.23. The van der Waals surface area contributed by atoms with Gasteiger partial charge in [0.25, 0.3) is 0 Å². The minimum Gasteiger partial charge on any atom is -0.337 e. The molecule has 1 aromatic carbocycles. The molecule has 0 saturated heterocycles. The molecule has 0 aliphatic rings. The van der Waals surface area contributed by atoms with E-state index in [1.54, 1.807) is 0 Å². The topological polar surface area (TPSA) is 34.0 Å². The third-order valence-corrected chi connectivity index (χ3v) is 4.44. The average Bonchev–Trinajstić information content (AvgIpc) is 3.10. The van der Waals surface area contributed by atoms with E-state index in [4.69, 9.17) is 0 Å². The molecule has 4 heteroatoms. The maximum absolute atomic E-state index is 4.68. The van der Waals surface area contributed by atoms with Crippen LogP contribution in [-0.2, 0) is 19.6 Å². The molecule has 0 atom stereocenters. The third-order valence-electron chi connectivity index (χ3n) is 4.44. The van der Waals surface area contributed by atoms with Crippen molar-refractivity contribution in [2.24, 2.45) is 0 Å². The number of imidazole rings is 1. The molecular formula is C21H26N4. The molecule has 0 aliphatic carbocycles. The predicted octanol–water partition coefficient (Wildman–Crippen LogP) is 3.99. The molecule has 4 nitrogen and oxygen atoms in total. The van der Waals surface area contributed by atoms with Crippen molar-refractivity contribution < 1.29 is 0 Å². The van der Waals surface area contributed by atoms with Crippen LogP contribution in [-0.4, -0.2) is 26.0 Å². The Balaban J connectivity index is 1.67. The number of benzene rings is 1. The van der Waals surface area contributed by atoms with E-state index in [9.17, 15) is 0 Å². The number of hydrogen-bond acceptors (Lipinski definition) is 3. The van der Waals surface area contributed by atoms with Gasteiger partial charge in [-0.25, -0.2) is 4.98 Å². The molecular weight excluding hydrogens is 308 g/mol. The van der Waals surface area contributed by atoms with Crippen LogP contribution in [0.15, 0.2) is 61.2 Å². The highest BCUT2D eigenvalue weighted by molar-refractivity contribution is 5.25. The molecule has 2 heterocycles. The fourth-order valence-electron chi connectivity index (χ4n) is 3.05. The van der Waals surface area contributed by atoms with Crippen LogP contribution in [0.1, 0.15) is 28.9 Å². The van der Waals surface area contributed by atoms with Gasteiger partial charge in [-0.05, 0) is 43.5 Å². The zero-order chi connectivity index (χ0) is 17.5. The van der Waals surface area contributed by atoms with Crippen LogP contribution >= 0.6 is 0 Å². The summed E-state index contributed by atoms with van der Waals surface area (Å²) in [5.41, 5.74) is 4.94. The summed E-state index contributed by atoms with van der Waals surface area (Å²) in [6, 6.07) is 14.9. The van der Waals surface area contributed by atoms with Gasteiger partial charge in [-0.15, -0.1) is 0 Å². The normalized spacial score (nSPS) is 11.2. The van der Waals surface area contributed by atoms with Gasteiger partial charge in [-0.2, -0.15) is 0 Å². The van der Waals surface area contributed by atoms with Gasteiger partial charge in [0.2, 0.25) is 0 Å². The summed E-state index contributed by atoms with van der Waals surface area (Å²) >= 11 is 0. The summed E-state index contributed by atoms with van der Waals surface area (Å²) in [6.07, 6.45) is 6.83. The first-order chi connectivity index (χ1) is 12.2. The highest BCUT2D eigenvalue weighted by atomic mass is 15.1. The van der Waals surface area contributed by atoms with Gasteiger partial charge < -0.3 is 4.57 Å². The van der Waals surface area contributed by atoms with Crippen molar-refractivity contribution in [2.75, 3.05) is 6.54 Å². The molecule has 0 unspecified atom stereocenters. The highest BCUT2D eigenvalue weighted by Crippen LogP contribution is 2.13. The van der Waals surface area contributed by atoms with Gasteiger partial charge in [0.1, 0.15) is 0 Å². The molecule has 0 bridgehead atoms. The first-order valence-electron chi connectivity index (χ1n) is 8.86. The number of rotatable bonds is 8. The summed E-state index contributed by atoms with van der Waals surface area (Å²) in [5, 5.41) is 0. The van der Waals surface area contributed by atoms with Crippen molar-refractivity contribution >= 4 is 0 Å².